The zero-order valence-electron chi connectivity index (χ0n) is 10.9. The van der Waals surface area contributed by atoms with Crippen molar-refractivity contribution in [1.82, 2.24) is 0 Å². The maximum Gasteiger partial charge on any atom is 0.339 e. The lowest BCUT2D eigenvalue weighted by Gasteiger charge is -2.27. The van der Waals surface area contributed by atoms with Gasteiger partial charge in [-0.3, -0.25) is 0 Å². The van der Waals surface area contributed by atoms with Crippen molar-refractivity contribution in [3.63, 3.8) is 0 Å². The van der Waals surface area contributed by atoms with E-state index in [1.807, 2.05) is 24.3 Å². The largest absolute Gasteiger partial charge is 0.465 e. The summed E-state index contributed by atoms with van der Waals surface area (Å²) < 4.78 is 10.1. The van der Waals surface area contributed by atoms with Gasteiger partial charge >= 0.3 is 5.97 Å². The van der Waals surface area contributed by atoms with Crippen LogP contribution < -0.4 is 4.90 Å². The van der Waals surface area contributed by atoms with Crippen LogP contribution in [0.25, 0.3) is 0 Å². The Bertz CT molecular complexity index is 419. The molecule has 1 unspecified atom stereocenters. The molecule has 1 saturated heterocycles. The summed E-state index contributed by atoms with van der Waals surface area (Å²) in [6.45, 7) is 1.65. The highest BCUT2D eigenvalue weighted by Crippen LogP contribution is 2.29. The van der Waals surface area contributed by atoms with Gasteiger partial charge in [-0.15, -0.1) is 0 Å². The molecule has 0 N–H and O–H groups in total. The number of benzene rings is 1. The molecule has 0 bridgehead atoms. The third-order valence-corrected chi connectivity index (χ3v) is 3.35. The van der Waals surface area contributed by atoms with Crippen LogP contribution in [0.1, 0.15) is 23.2 Å². The summed E-state index contributed by atoms with van der Waals surface area (Å²) >= 11 is 0. The second-order valence-corrected chi connectivity index (χ2v) is 4.45. The molecule has 1 aliphatic heterocycles. The minimum absolute atomic E-state index is 0.284. The van der Waals surface area contributed by atoms with Gasteiger partial charge in [-0.1, -0.05) is 12.1 Å². The van der Waals surface area contributed by atoms with Crippen molar-refractivity contribution in [2.45, 2.75) is 18.9 Å². The summed E-state index contributed by atoms with van der Waals surface area (Å²) in [5.74, 6) is -0.284. The van der Waals surface area contributed by atoms with E-state index in [1.54, 1.807) is 7.11 Å². The van der Waals surface area contributed by atoms with E-state index in [1.165, 1.54) is 7.11 Å². The van der Waals surface area contributed by atoms with Gasteiger partial charge in [-0.25, -0.2) is 4.79 Å². The number of rotatable bonds is 4. The fraction of sp³-hybridized carbons (Fsp3) is 0.500. The number of carbonyl (C=O) groups is 1. The minimum atomic E-state index is -0.284. The standard InChI is InChI=1S/C14H19NO3/c1-17-10-11-6-5-9-15(11)13-8-4-3-7-12(13)14(16)18-2/h3-4,7-8,11H,5-6,9-10H2,1-2H3. The highest BCUT2D eigenvalue weighted by atomic mass is 16.5. The first-order valence-corrected chi connectivity index (χ1v) is 6.21. The zero-order valence-corrected chi connectivity index (χ0v) is 10.9. The molecule has 2 rings (SSSR count). The Morgan fingerprint density at radius 2 is 2.17 bits per heavy atom. The average molecular weight is 249 g/mol. The number of anilines is 1. The van der Waals surface area contributed by atoms with Gasteiger partial charge in [-0.05, 0) is 25.0 Å². The average Bonchev–Trinajstić information content (AvgIpc) is 2.86. The molecule has 1 aromatic carbocycles. The van der Waals surface area contributed by atoms with Gasteiger partial charge in [0.25, 0.3) is 0 Å². The molecule has 98 valence electrons. The van der Waals surface area contributed by atoms with E-state index in [4.69, 9.17) is 9.47 Å². The third kappa shape index (κ3) is 2.48. The van der Waals surface area contributed by atoms with E-state index < -0.39 is 0 Å². The van der Waals surface area contributed by atoms with Crippen LogP contribution in [0.5, 0.6) is 0 Å². The zero-order chi connectivity index (χ0) is 13.0. The van der Waals surface area contributed by atoms with Crippen LogP contribution in [0.4, 0.5) is 5.69 Å². The fourth-order valence-electron chi connectivity index (χ4n) is 2.53. The molecule has 1 heterocycles. The summed E-state index contributed by atoms with van der Waals surface area (Å²) in [5.41, 5.74) is 1.58. The van der Waals surface area contributed by atoms with Crippen molar-refractivity contribution in [3.8, 4) is 0 Å². The third-order valence-electron chi connectivity index (χ3n) is 3.35. The highest BCUT2D eigenvalue weighted by Gasteiger charge is 2.27. The summed E-state index contributed by atoms with van der Waals surface area (Å²) in [4.78, 5) is 14.0. The SMILES string of the molecule is COCC1CCCN1c1ccccc1C(=O)OC. The Hall–Kier alpha value is -1.55. The van der Waals surface area contributed by atoms with E-state index >= 15 is 0 Å². The van der Waals surface area contributed by atoms with Gasteiger partial charge in [0, 0.05) is 13.7 Å². The normalized spacial score (nSPS) is 19.0. The molecule has 1 atom stereocenters. The molecule has 0 aliphatic carbocycles. The second-order valence-electron chi connectivity index (χ2n) is 4.45. The molecule has 1 aliphatic rings. The number of carbonyl (C=O) groups excluding carboxylic acids is 1. The highest BCUT2D eigenvalue weighted by molar-refractivity contribution is 5.95. The predicted molar refractivity (Wildman–Crippen MR) is 70.0 cm³/mol. The lowest BCUT2D eigenvalue weighted by molar-refractivity contribution is 0.0601. The molecule has 0 saturated carbocycles. The monoisotopic (exact) mass is 249 g/mol. The molecule has 18 heavy (non-hydrogen) atoms. The van der Waals surface area contributed by atoms with Crippen molar-refractivity contribution >= 4 is 11.7 Å². The Labute approximate surface area is 107 Å². The quantitative estimate of drug-likeness (QED) is 0.766. The first kappa shape index (κ1) is 12.9. The number of hydrogen-bond acceptors (Lipinski definition) is 4. The summed E-state index contributed by atoms with van der Waals surface area (Å²) in [6.07, 6.45) is 2.23. The van der Waals surface area contributed by atoms with Crippen LogP contribution in [-0.4, -0.2) is 39.4 Å². The summed E-state index contributed by atoms with van der Waals surface area (Å²) in [6, 6.07) is 7.94. The second kappa shape index (κ2) is 5.87. The Kier molecular flexibility index (Phi) is 4.20. The van der Waals surface area contributed by atoms with E-state index in [0.29, 0.717) is 18.2 Å². The fourth-order valence-corrected chi connectivity index (χ4v) is 2.53. The van der Waals surface area contributed by atoms with Gasteiger partial charge < -0.3 is 14.4 Å². The first-order chi connectivity index (χ1) is 8.77. The number of hydrogen-bond donors (Lipinski definition) is 0. The van der Waals surface area contributed by atoms with E-state index in [-0.39, 0.29) is 5.97 Å². The molecule has 0 aromatic heterocycles. The van der Waals surface area contributed by atoms with Crippen LogP contribution in [0.3, 0.4) is 0 Å². The maximum atomic E-state index is 11.8. The lowest BCUT2D eigenvalue weighted by Crippen LogP contribution is -2.33. The van der Waals surface area contributed by atoms with Crippen molar-refractivity contribution < 1.29 is 14.3 Å². The molecule has 1 fully saturated rings. The van der Waals surface area contributed by atoms with Crippen molar-refractivity contribution in [2.24, 2.45) is 0 Å². The van der Waals surface area contributed by atoms with Gasteiger partial charge in [0.2, 0.25) is 0 Å². The first-order valence-electron chi connectivity index (χ1n) is 6.21. The van der Waals surface area contributed by atoms with Crippen molar-refractivity contribution in [3.05, 3.63) is 29.8 Å². The lowest BCUT2D eigenvalue weighted by atomic mass is 10.1. The van der Waals surface area contributed by atoms with Crippen LogP contribution in [0.15, 0.2) is 24.3 Å². The number of ether oxygens (including phenoxy) is 2. The Balaban J connectivity index is 2.29. The Morgan fingerprint density at radius 1 is 1.39 bits per heavy atom. The van der Waals surface area contributed by atoms with E-state index in [0.717, 1.165) is 25.1 Å². The molecule has 4 nitrogen and oxygen atoms in total. The predicted octanol–water partition coefficient (Wildman–Crippen LogP) is 2.09. The number of esters is 1. The minimum Gasteiger partial charge on any atom is -0.465 e. The van der Waals surface area contributed by atoms with Crippen LogP contribution in [0, 0.1) is 0 Å². The smallest absolute Gasteiger partial charge is 0.339 e. The number of methoxy groups -OCH3 is 2. The van der Waals surface area contributed by atoms with Gasteiger partial charge in [0.05, 0.1) is 31.0 Å². The molecular weight excluding hydrogens is 230 g/mol. The van der Waals surface area contributed by atoms with Crippen LogP contribution in [-0.2, 0) is 9.47 Å². The van der Waals surface area contributed by atoms with Gasteiger partial charge in [0.15, 0.2) is 0 Å². The molecular formula is C14H19NO3. The van der Waals surface area contributed by atoms with Gasteiger partial charge in [0.1, 0.15) is 0 Å². The van der Waals surface area contributed by atoms with Gasteiger partial charge in [-0.2, -0.15) is 0 Å². The molecule has 0 radical (unpaired) electrons. The summed E-state index contributed by atoms with van der Waals surface area (Å²) in [7, 11) is 3.12. The van der Waals surface area contributed by atoms with Crippen molar-refractivity contribution in [1.29, 1.82) is 0 Å². The number of para-hydroxylation sites is 1. The Morgan fingerprint density at radius 3 is 2.89 bits per heavy atom. The topological polar surface area (TPSA) is 38.8 Å². The summed E-state index contributed by atoms with van der Waals surface area (Å²) in [5, 5.41) is 0. The molecule has 1 aromatic rings. The maximum absolute atomic E-state index is 11.8. The number of nitrogens with zero attached hydrogens (tertiary/aromatic N) is 1. The van der Waals surface area contributed by atoms with Crippen LogP contribution >= 0.6 is 0 Å². The van der Waals surface area contributed by atoms with Crippen LogP contribution in [0.2, 0.25) is 0 Å². The molecule has 4 heteroatoms. The van der Waals surface area contributed by atoms with E-state index in [9.17, 15) is 4.79 Å². The van der Waals surface area contributed by atoms with Crippen molar-refractivity contribution in [2.75, 3.05) is 32.3 Å². The van der Waals surface area contributed by atoms with E-state index in [2.05, 4.69) is 4.90 Å². The molecule has 0 spiro atoms. The molecule has 0 amide bonds.